The molecule has 20 rings (SSSR count). The van der Waals surface area contributed by atoms with E-state index in [9.17, 15) is 0 Å². The number of aryl methyl sites for hydroxylation is 1. The summed E-state index contributed by atoms with van der Waals surface area (Å²) in [6, 6.07) is 95.4. The summed E-state index contributed by atoms with van der Waals surface area (Å²) < 4.78 is 23.9. The molecule has 124 heavy (non-hydrogen) atoms. The van der Waals surface area contributed by atoms with Gasteiger partial charge >= 0.3 is 0 Å². The van der Waals surface area contributed by atoms with Gasteiger partial charge in [-0.15, -0.1) is 0 Å². The minimum atomic E-state index is 0.477. The average Bonchev–Trinajstić information content (AvgIpc) is 0.919. The van der Waals surface area contributed by atoms with E-state index in [1.165, 1.54) is 103 Å². The van der Waals surface area contributed by atoms with Gasteiger partial charge in [0.2, 0.25) is 35.6 Å². The molecule has 4 saturated carbocycles. The first-order chi connectivity index (χ1) is 61.3. The largest absolute Gasteiger partial charge is 0.457 e. The zero-order valence-corrected chi connectivity index (χ0v) is 69.6. The molecule has 4 aliphatic rings. The molecule has 16 aromatic rings. The number of pyridine rings is 2. The van der Waals surface area contributed by atoms with Crippen LogP contribution in [-0.2, 0) is 19.6 Å². The van der Waals surface area contributed by atoms with Crippen LogP contribution in [0.2, 0.25) is 0 Å². The zero-order chi connectivity index (χ0) is 83.7. The highest BCUT2D eigenvalue weighted by Gasteiger charge is 2.23. The number of anilines is 9. The summed E-state index contributed by atoms with van der Waals surface area (Å²) >= 11 is 0. The van der Waals surface area contributed by atoms with Crippen LogP contribution in [0, 0.1) is 6.92 Å². The lowest BCUT2D eigenvalue weighted by atomic mass is 10.2. The van der Waals surface area contributed by atoms with Gasteiger partial charge in [0.05, 0.1) is 27.8 Å². The van der Waals surface area contributed by atoms with Gasteiger partial charge in [0.15, 0.2) is 5.75 Å². The van der Waals surface area contributed by atoms with E-state index < -0.39 is 0 Å². The Labute approximate surface area is 723 Å². The molecule has 4 fully saturated rings. The molecule has 6 aromatic heterocycles. The third kappa shape index (κ3) is 22.3. The van der Waals surface area contributed by atoms with Gasteiger partial charge in [-0.1, -0.05) is 203 Å². The number of aromatic nitrogens is 10. The highest BCUT2D eigenvalue weighted by Crippen LogP contribution is 2.37. The SMILES string of the molecule is Cc1ccccc1Oc1ccccc1CNc1nc(NC2CCCC2)c2ccccc2n1.c1ccc(Oc2ccc(CNc3nc(NC4CCCC4)c4ccccc4n3)cc2)nc1.c1ccc(Oc2cccc(CNc3nc(NC4CCCC4)c4ccccc4n3)c2)nc1.c1ccc(Oc2ccccc2Nc2nc(NC3CCCC3)c3ccccc3n2)cc1. The maximum absolute atomic E-state index is 6.22. The topological polar surface area (TPSA) is 262 Å². The molecular formula is C102H102N18O4. The van der Waals surface area contributed by atoms with Gasteiger partial charge in [-0.25, -0.2) is 29.9 Å². The lowest BCUT2D eigenvalue weighted by molar-refractivity contribution is 0.462. The quantitative estimate of drug-likeness (QED) is 0.0238. The Morgan fingerprint density at radius 3 is 1.15 bits per heavy atom. The lowest BCUT2D eigenvalue weighted by Crippen LogP contribution is -2.17. The lowest BCUT2D eigenvalue weighted by Gasteiger charge is -2.17. The number of rotatable bonds is 27. The van der Waals surface area contributed by atoms with Crippen molar-refractivity contribution in [1.82, 2.24) is 49.8 Å². The van der Waals surface area contributed by atoms with E-state index >= 15 is 0 Å². The zero-order valence-electron chi connectivity index (χ0n) is 69.6. The van der Waals surface area contributed by atoms with E-state index in [0.29, 0.717) is 79.4 Å². The van der Waals surface area contributed by atoms with E-state index in [-0.39, 0.29) is 0 Å². The smallest absolute Gasteiger partial charge is 0.229 e. The second kappa shape index (κ2) is 41.2. The second-order valence-corrected chi connectivity index (χ2v) is 31.6. The molecule has 0 radical (unpaired) electrons. The van der Waals surface area contributed by atoms with Crippen molar-refractivity contribution < 1.29 is 18.9 Å². The Morgan fingerprint density at radius 2 is 0.661 bits per heavy atom. The fourth-order valence-corrected chi connectivity index (χ4v) is 16.0. The molecule has 10 aromatic carbocycles. The Hall–Kier alpha value is -14.5. The first-order valence-electron chi connectivity index (χ1n) is 43.4. The molecule has 6 heterocycles. The van der Waals surface area contributed by atoms with Crippen molar-refractivity contribution >= 4 is 96.4 Å². The highest BCUT2D eigenvalue weighted by molar-refractivity contribution is 5.93. The minimum absolute atomic E-state index is 0.477. The third-order valence-electron chi connectivity index (χ3n) is 22.5. The third-order valence-corrected chi connectivity index (χ3v) is 22.5. The van der Waals surface area contributed by atoms with E-state index in [4.69, 9.17) is 58.8 Å². The standard InChI is InChI=1S/C27H28N4O.2C25H25N5O.C25H24N4O/c1-19-10-2-8-16-24(19)32-25-17-9-3-11-20(25)18-28-27-30-23-15-7-6-14-22(23)26(31-27)29-21-12-4-5-13-21;1-2-10-19(9-1)28-24-21-12-3-4-13-22(21)29-25(30-24)27-17-18-8-7-11-20(16-18)31-23-14-5-6-15-26-23;1-2-8-19(7-1)28-24-21-9-3-4-10-22(21)29-25(30-24)27-17-18-12-14-20(15-13-18)31-23-11-5-6-16-26-23;1-2-12-19(13-3-1)30-23-17-9-8-16-22(23)28-25-27-21-15-7-6-14-20(21)24(29-25)26-18-10-4-5-11-18/h2-3,6-11,14-17,21H,4-5,12-13,18H2,1H3,(H2,28,29,30,31);3-8,11-16,19H,1-2,9-10,17H2,(H2,27,28,29,30);3-6,9-16,19H,1-2,7-8,17H2,(H2,27,28,29,30);1-3,6-9,12-18H,4-5,10-11H2,(H2,26,27,28,29). The van der Waals surface area contributed by atoms with E-state index in [0.717, 1.165) is 129 Å². The van der Waals surface area contributed by atoms with Gasteiger partial charge < -0.3 is 61.5 Å². The van der Waals surface area contributed by atoms with Crippen molar-refractivity contribution in [2.24, 2.45) is 0 Å². The molecule has 4 aliphatic carbocycles. The van der Waals surface area contributed by atoms with Crippen LogP contribution in [0.15, 0.2) is 298 Å². The summed E-state index contributed by atoms with van der Waals surface area (Å²) in [5.41, 5.74) is 8.92. The molecule has 0 amide bonds. The van der Waals surface area contributed by atoms with Crippen molar-refractivity contribution in [3.8, 4) is 46.3 Å². The summed E-state index contributed by atoms with van der Waals surface area (Å²) in [5.74, 6) is 11.9. The Bertz CT molecular complexity index is 6160. The Balaban J connectivity index is 0.000000117. The van der Waals surface area contributed by atoms with E-state index in [1.807, 2.05) is 243 Å². The number of hydrogen-bond donors (Lipinski definition) is 8. The van der Waals surface area contributed by atoms with Gasteiger partial charge in [-0.3, -0.25) is 0 Å². The summed E-state index contributed by atoms with van der Waals surface area (Å²) in [6.45, 7) is 3.85. The highest BCUT2D eigenvalue weighted by atomic mass is 16.5. The van der Waals surface area contributed by atoms with Crippen molar-refractivity contribution in [2.45, 2.75) is 153 Å². The summed E-state index contributed by atoms with van der Waals surface area (Å²) in [6.07, 6.45) is 23.2. The molecule has 624 valence electrons. The van der Waals surface area contributed by atoms with Crippen LogP contribution in [-0.4, -0.2) is 74.0 Å². The molecule has 0 aliphatic heterocycles. The number of benzene rings is 10. The first-order valence-corrected chi connectivity index (χ1v) is 43.4. The number of ether oxygens (including phenoxy) is 4. The van der Waals surface area contributed by atoms with E-state index in [2.05, 4.69) is 102 Å². The minimum Gasteiger partial charge on any atom is -0.457 e. The fourth-order valence-electron chi connectivity index (χ4n) is 16.0. The number of para-hydroxylation sites is 9. The molecule has 0 atom stereocenters. The van der Waals surface area contributed by atoms with Gasteiger partial charge in [0, 0.05) is 95.4 Å². The number of nitrogens with one attached hydrogen (secondary N) is 8. The van der Waals surface area contributed by atoms with Crippen LogP contribution in [0.1, 0.15) is 125 Å². The second-order valence-electron chi connectivity index (χ2n) is 31.6. The Morgan fingerprint density at radius 1 is 0.282 bits per heavy atom. The van der Waals surface area contributed by atoms with Crippen LogP contribution in [0.4, 0.5) is 52.8 Å². The maximum Gasteiger partial charge on any atom is 0.229 e. The summed E-state index contributed by atoms with van der Waals surface area (Å²) in [4.78, 5) is 46.5. The van der Waals surface area contributed by atoms with Crippen LogP contribution in [0.25, 0.3) is 43.6 Å². The van der Waals surface area contributed by atoms with E-state index in [1.54, 1.807) is 12.4 Å². The molecular weight excluding hydrogens is 1540 g/mol. The molecule has 22 nitrogen and oxygen atoms in total. The predicted octanol–water partition coefficient (Wildman–Crippen LogP) is 24.8. The molecule has 0 unspecified atom stereocenters. The molecule has 0 saturated heterocycles. The van der Waals surface area contributed by atoms with Crippen molar-refractivity contribution in [3.05, 3.63) is 320 Å². The summed E-state index contributed by atoms with van der Waals surface area (Å²) in [5, 5.41) is 32.3. The Kier molecular flexibility index (Phi) is 27.1. The van der Waals surface area contributed by atoms with Gasteiger partial charge in [-0.2, -0.15) is 19.9 Å². The predicted molar refractivity (Wildman–Crippen MR) is 499 cm³/mol. The van der Waals surface area contributed by atoms with Crippen molar-refractivity contribution in [2.75, 3.05) is 42.5 Å². The fraction of sp³-hybridized carbons (Fsp3) is 0.235. The first kappa shape index (κ1) is 81.8. The van der Waals surface area contributed by atoms with Gasteiger partial charge in [0.25, 0.3) is 0 Å². The van der Waals surface area contributed by atoms with Gasteiger partial charge in [0.1, 0.15) is 52.0 Å². The number of hydrogen-bond acceptors (Lipinski definition) is 22. The van der Waals surface area contributed by atoms with Crippen LogP contribution < -0.4 is 61.5 Å². The van der Waals surface area contributed by atoms with Crippen LogP contribution >= 0.6 is 0 Å². The number of nitrogens with zero attached hydrogens (tertiary/aromatic N) is 10. The van der Waals surface area contributed by atoms with Gasteiger partial charge in [-0.05, 0) is 196 Å². The molecule has 0 bridgehead atoms. The monoisotopic (exact) mass is 1640 g/mol. The summed E-state index contributed by atoms with van der Waals surface area (Å²) in [7, 11) is 0. The molecule has 0 spiro atoms. The normalized spacial score (nSPS) is 13.9. The molecule has 8 N–H and O–H groups in total. The van der Waals surface area contributed by atoms with Crippen LogP contribution in [0.3, 0.4) is 0 Å². The van der Waals surface area contributed by atoms with Crippen LogP contribution in [0.5, 0.6) is 46.3 Å². The van der Waals surface area contributed by atoms with Crippen molar-refractivity contribution in [3.63, 3.8) is 0 Å². The average molecular weight is 1640 g/mol. The molecule has 22 heteroatoms. The number of fused-ring (bicyclic) bond motifs is 4. The van der Waals surface area contributed by atoms with Crippen molar-refractivity contribution in [1.29, 1.82) is 0 Å². The maximum atomic E-state index is 6.22.